The summed E-state index contributed by atoms with van der Waals surface area (Å²) in [4.78, 5) is 14.4. The molecule has 1 aliphatic carbocycles. The molecule has 1 N–H and O–H groups in total. The van der Waals surface area contributed by atoms with Crippen molar-refractivity contribution in [3.8, 4) is 11.1 Å². The summed E-state index contributed by atoms with van der Waals surface area (Å²) in [5.41, 5.74) is 7.25. The summed E-state index contributed by atoms with van der Waals surface area (Å²) < 4.78 is 4.47. The van der Waals surface area contributed by atoms with Crippen LogP contribution in [0.3, 0.4) is 0 Å². The second-order valence-corrected chi connectivity index (χ2v) is 59.6. The van der Waals surface area contributed by atoms with E-state index in [1.54, 1.807) is 0 Å². The summed E-state index contributed by atoms with van der Waals surface area (Å²) in [7, 11) is 16.5. The maximum atomic E-state index is 14.4. The Morgan fingerprint density at radius 3 is 1.82 bits per heavy atom. The average molecular weight is 746 g/mol. The zero-order chi connectivity index (χ0) is 27.9. The van der Waals surface area contributed by atoms with Crippen molar-refractivity contribution in [3.05, 3.63) is 149 Å². The summed E-state index contributed by atoms with van der Waals surface area (Å²) in [6, 6.07) is 41.4. The van der Waals surface area contributed by atoms with Gasteiger partial charge in [0.05, 0.1) is 0 Å². The number of carbonyl (C=O) groups is 1. The van der Waals surface area contributed by atoms with Crippen molar-refractivity contribution >= 4 is 42.7 Å². The Balaban J connectivity index is 1.64. The number of nitrogens with one attached hydrogen (secondary N) is 1. The van der Waals surface area contributed by atoms with Crippen LogP contribution in [0.25, 0.3) is 11.1 Å². The third-order valence-corrected chi connectivity index (χ3v) is 56.4. The molecule has 0 spiro atoms. The van der Waals surface area contributed by atoms with Crippen molar-refractivity contribution in [2.45, 2.75) is 20.3 Å². The van der Waals surface area contributed by atoms with Crippen LogP contribution in [0.4, 0.5) is 0 Å². The van der Waals surface area contributed by atoms with Gasteiger partial charge in [-0.1, -0.05) is 0 Å². The van der Waals surface area contributed by atoms with E-state index >= 15 is 0 Å². The number of hydrogen-bond donors (Lipinski definition) is 1. The SMILES string of the molecule is Cc1cccc(C)c1C(=O)[NH][Hf]([Cl])([Cl])([c]1cccc2c1Cc1ccccc1-2)[SiH](c1ccccc1)c1ccccc1. The first-order chi connectivity index (χ1) is 19.3. The van der Waals surface area contributed by atoms with Crippen molar-refractivity contribution in [2.24, 2.45) is 0 Å². The van der Waals surface area contributed by atoms with Gasteiger partial charge in [-0.15, -0.1) is 0 Å². The van der Waals surface area contributed by atoms with Crippen LogP contribution in [0.5, 0.6) is 0 Å². The number of aryl methyl sites for hydroxylation is 2. The van der Waals surface area contributed by atoms with Crippen molar-refractivity contribution < 1.29 is 20.4 Å². The summed E-state index contributed by atoms with van der Waals surface area (Å²) in [6.45, 7) is 3.94. The molecule has 0 radical (unpaired) electrons. The van der Waals surface area contributed by atoms with E-state index in [2.05, 4.69) is 70.0 Å². The maximum absolute atomic E-state index is 14.4. The monoisotopic (exact) mass is 746 g/mol. The number of benzene rings is 5. The Bertz CT molecular complexity index is 1680. The molecule has 5 aromatic carbocycles. The van der Waals surface area contributed by atoms with Gasteiger partial charge < -0.3 is 0 Å². The molecule has 1 amide bonds. The van der Waals surface area contributed by atoms with E-state index in [4.69, 9.17) is 17.2 Å². The Morgan fingerprint density at radius 2 is 1.20 bits per heavy atom. The first-order valence-corrected chi connectivity index (χ1v) is 34.0. The topological polar surface area (TPSA) is 29.1 Å². The molecule has 0 saturated heterocycles. The predicted molar refractivity (Wildman–Crippen MR) is 169 cm³/mol. The Morgan fingerprint density at radius 1 is 0.675 bits per heavy atom. The third-order valence-electron chi connectivity index (χ3n) is 8.17. The Kier molecular flexibility index (Phi) is 7.24. The number of carbonyl (C=O) groups excluding carboxylic acids is 1. The van der Waals surface area contributed by atoms with Gasteiger partial charge in [0.1, 0.15) is 0 Å². The van der Waals surface area contributed by atoms with Gasteiger partial charge in [0.2, 0.25) is 0 Å². The molecule has 6 heteroatoms. The van der Waals surface area contributed by atoms with Crippen LogP contribution in [0.2, 0.25) is 0 Å². The quantitative estimate of drug-likeness (QED) is 0.197. The van der Waals surface area contributed by atoms with Gasteiger partial charge in [-0.2, -0.15) is 0 Å². The zero-order valence-electron chi connectivity index (χ0n) is 22.5. The van der Waals surface area contributed by atoms with Crippen LogP contribution in [0, 0.1) is 13.8 Å². The number of fused-ring (bicyclic) bond motifs is 3. The Hall–Kier alpha value is -2.76. The summed E-state index contributed by atoms with van der Waals surface area (Å²) in [6.07, 6.45) is 0.747. The van der Waals surface area contributed by atoms with E-state index in [1.807, 2.05) is 68.4 Å². The van der Waals surface area contributed by atoms with E-state index in [1.165, 1.54) is 11.1 Å². The molecule has 0 heterocycles. The first-order valence-electron chi connectivity index (χ1n) is 13.5. The standard InChI is InChI=1S/C13H9.C12H11Si.C9H11NO.2ClH.Hf/c1-3-7-12-10(5-1)9-11-6-2-4-8-13(11)12;1-3-7-11(8-4-1)13-12-9-5-2-6-10-12;1-6-4-3-5-7(2)8(6)9(10)11;;;/h1-5,7-8H,9H2;1-10,13H;3-5H,1-2H3,(H2,10,11);2*1H;/q;;;;;+3/p-3. The van der Waals surface area contributed by atoms with Crippen molar-refractivity contribution in [1.29, 1.82) is 0 Å². The zero-order valence-corrected chi connectivity index (χ0v) is 28.8. The molecule has 0 bridgehead atoms. The minimum atomic E-state index is -5.69. The number of hydrogen-bond acceptors (Lipinski definition) is 1. The van der Waals surface area contributed by atoms with Gasteiger partial charge in [-0.05, 0) is 0 Å². The molecule has 6 rings (SSSR count). The fraction of sp³-hybridized carbons (Fsp3) is 0.0882. The fourth-order valence-electron chi connectivity index (χ4n) is 6.39. The molecular formula is C34H30Cl2HfNOSi. The van der Waals surface area contributed by atoms with E-state index in [9.17, 15) is 4.79 Å². The Labute approximate surface area is 245 Å². The molecule has 1 aliphatic rings. The molecule has 0 unspecified atom stereocenters. The average Bonchev–Trinajstić information content (AvgIpc) is 3.33. The molecule has 0 atom stereocenters. The van der Waals surface area contributed by atoms with Gasteiger partial charge in [0.15, 0.2) is 0 Å². The summed E-state index contributed by atoms with van der Waals surface area (Å²) in [5.74, 6) is -2.63. The summed E-state index contributed by atoms with van der Waals surface area (Å²) in [5, 5.41) is 2.26. The van der Waals surface area contributed by atoms with Crippen molar-refractivity contribution in [2.75, 3.05) is 0 Å². The van der Waals surface area contributed by atoms with Crippen LogP contribution in [0.15, 0.2) is 121 Å². The fourth-order valence-corrected chi connectivity index (χ4v) is 57.9. The first kappa shape index (κ1) is 27.4. The van der Waals surface area contributed by atoms with Crippen LogP contribution in [-0.4, -0.2) is 11.9 Å². The predicted octanol–water partition coefficient (Wildman–Crippen LogP) is 6.38. The van der Waals surface area contributed by atoms with Gasteiger partial charge in [-0.3, -0.25) is 0 Å². The van der Waals surface area contributed by atoms with E-state index < -0.39 is 21.6 Å². The van der Waals surface area contributed by atoms with Gasteiger partial charge in [0, 0.05) is 0 Å². The molecule has 0 aliphatic heterocycles. The van der Waals surface area contributed by atoms with E-state index in [0.717, 1.165) is 42.4 Å². The molecule has 0 fully saturated rings. The molecule has 5 aromatic rings. The number of amides is 1. The molecule has 2 nitrogen and oxygen atoms in total. The second kappa shape index (κ2) is 10.6. The van der Waals surface area contributed by atoms with Crippen LogP contribution < -0.4 is 17.0 Å². The van der Waals surface area contributed by atoms with Gasteiger partial charge in [-0.25, -0.2) is 0 Å². The van der Waals surface area contributed by atoms with Crippen molar-refractivity contribution in [1.82, 2.24) is 3.30 Å². The van der Waals surface area contributed by atoms with E-state index in [0.29, 0.717) is 5.56 Å². The third kappa shape index (κ3) is 4.65. The van der Waals surface area contributed by atoms with Crippen LogP contribution in [-0.2, 0) is 22.0 Å². The number of rotatable bonds is 6. The molecule has 199 valence electrons. The van der Waals surface area contributed by atoms with Crippen LogP contribution in [0.1, 0.15) is 32.6 Å². The summed E-state index contributed by atoms with van der Waals surface area (Å²) >= 11 is -5.69. The van der Waals surface area contributed by atoms with Crippen LogP contribution >= 0.6 is 17.2 Å². The number of halogens is 2. The molecule has 0 aromatic heterocycles. The van der Waals surface area contributed by atoms with E-state index in [-0.39, 0.29) is 5.91 Å². The second-order valence-electron chi connectivity index (χ2n) is 10.7. The normalized spacial score (nSPS) is 13.3. The molecule has 40 heavy (non-hydrogen) atoms. The molecular weight excluding hydrogens is 716 g/mol. The molecule has 0 saturated carbocycles. The van der Waals surface area contributed by atoms with Gasteiger partial charge >= 0.3 is 247 Å². The van der Waals surface area contributed by atoms with Crippen molar-refractivity contribution in [3.63, 3.8) is 0 Å². The van der Waals surface area contributed by atoms with Gasteiger partial charge in [0.25, 0.3) is 0 Å². The minimum absolute atomic E-state index is 0.187.